The molecule has 0 bridgehead atoms. The topological polar surface area (TPSA) is 63.6 Å². The highest BCUT2D eigenvalue weighted by Crippen LogP contribution is 2.07. The summed E-state index contributed by atoms with van der Waals surface area (Å²) in [7, 11) is 0. The third-order valence-corrected chi connectivity index (χ3v) is 1.76. The average molecular weight is 259 g/mol. The number of hydrogen-bond donors (Lipinski definition) is 1. The van der Waals surface area contributed by atoms with Crippen molar-refractivity contribution < 1.29 is 19.4 Å². The highest BCUT2D eigenvalue weighted by molar-refractivity contribution is 9.09. The number of benzene rings is 1. The molecule has 0 heterocycles. The van der Waals surface area contributed by atoms with Crippen molar-refractivity contribution in [2.45, 2.75) is 0 Å². The largest absolute Gasteiger partial charge is 0.478 e. The Morgan fingerprint density at radius 3 is 2.57 bits per heavy atom. The first kappa shape index (κ1) is 10.7. The van der Waals surface area contributed by atoms with Crippen LogP contribution in [0.15, 0.2) is 24.3 Å². The number of carbonyl (C=O) groups excluding carboxylic acids is 1. The molecule has 0 atom stereocenters. The van der Waals surface area contributed by atoms with Crippen LogP contribution < -0.4 is 0 Å². The van der Waals surface area contributed by atoms with E-state index in [2.05, 4.69) is 20.7 Å². The summed E-state index contributed by atoms with van der Waals surface area (Å²) in [6, 6.07) is 5.67. The highest BCUT2D eigenvalue weighted by Gasteiger charge is 2.09. The van der Waals surface area contributed by atoms with Crippen LogP contribution >= 0.6 is 15.9 Å². The Balaban J connectivity index is 2.93. The Labute approximate surface area is 88.6 Å². The minimum Gasteiger partial charge on any atom is -0.478 e. The molecule has 0 unspecified atom stereocenters. The van der Waals surface area contributed by atoms with Gasteiger partial charge in [0.25, 0.3) is 0 Å². The molecule has 0 aliphatic carbocycles. The van der Waals surface area contributed by atoms with E-state index in [9.17, 15) is 9.59 Å². The lowest BCUT2D eigenvalue weighted by Gasteiger charge is -2.01. The van der Waals surface area contributed by atoms with E-state index in [0.29, 0.717) is 0 Å². The molecule has 4 nitrogen and oxygen atoms in total. The molecule has 1 N–H and O–H groups in total. The van der Waals surface area contributed by atoms with Crippen molar-refractivity contribution >= 4 is 27.9 Å². The average Bonchev–Trinajstić information content (AvgIpc) is 2.18. The molecular formula is C9H7BrO4. The van der Waals surface area contributed by atoms with Crippen molar-refractivity contribution in [1.29, 1.82) is 0 Å². The van der Waals surface area contributed by atoms with Crippen molar-refractivity contribution in [3.05, 3.63) is 35.4 Å². The van der Waals surface area contributed by atoms with Gasteiger partial charge in [-0.15, -0.1) is 0 Å². The molecule has 14 heavy (non-hydrogen) atoms. The molecular weight excluding hydrogens is 252 g/mol. The zero-order valence-electron chi connectivity index (χ0n) is 7.07. The summed E-state index contributed by atoms with van der Waals surface area (Å²) >= 11 is 2.94. The zero-order valence-corrected chi connectivity index (χ0v) is 8.65. The number of esters is 1. The third-order valence-electron chi connectivity index (χ3n) is 1.53. The molecule has 1 rings (SSSR count). The van der Waals surface area contributed by atoms with Crippen LogP contribution in [0.5, 0.6) is 0 Å². The van der Waals surface area contributed by atoms with E-state index in [1.165, 1.54) is 24.3 Å². The number of ether oxygens (including phenoxy) is 1. The van der Waals surface area contributed by atoms with E-state index in [1.54, 1.807) is 0 Å². The Morgan fingerprint density at radius 1 is 1.36 bits per heavy atom. The summed E-state index contributed by atoms with van der Waals surface area (Å²) in [5, 5.41) is 8.66. The van der Waals surface area contributed by atoms with Gasteiger partial charge < -0.3 is 9.84 Å². The molecule has 0 radical (unpaired) electrons. The number of hydrogen-bond acceptors (Lipinski definition) is 3. The van der Waals surface area contributed by atoms with Gasteiger partial charge in [0.1, 0.15) is 5.52 Å². The lowest BCUT2D eigenvalue weighted by atomic mass is 10.1. The molecule has 0 spiro atoms. The predicted octanol–water partition coefficient (Wildman–Crippen LogP) is 1.89. The summed E-state index contributed by atoms with van der Waals surface area (Å²) in [5.41, 5.74) is 0.377. The van der Waals surface area contributed by atoms with Crippen LogP contribution in [0.2, 0.25) is 0 Å². The Bertz CT molecular complexity index is 362. The first-order valence-electron chi connectivity index (χ1n) is 3.71. The van der Waals surface area contributed by atoms with Gasteiger partial charge in [0.05, 0.1) is 11.1 Å². The minimum atomic E-state index is -1.07. The van der Waals surface area contributed by atoms with Gasteiger partial charge in [-0.1, -0.05) is 6.07 Å². The maximum absolute atomic E-state index is 11.2. The quantitative estimate of drug-likeness (QED) is 0.665. The van der Waals surface area contributed by atoms with Gasteiger partial charge in [-0.3, -0.25) is 0 Å². The first-order valence-corrected chi connectivity index (χ1v) is 4.83. The van der Waals surface area contributed by atoms with Crippen LogP contribution in [0, 0.1) is 0 Å². The van der Waals surface area contributed by atoms with E-state index in [1.807, 2.05) is 0 Å². The standard InChI is InChI=1S/C9H7BrO4/c10-5-14-9(13)7-3-1-2-6(4-7)8(11)12/h1-4H,5H2,(H,11,12). The van der Waals surface area contributed by atoms with Crippen molar-refractivity contribution in [1.82, 2.24) is 0 Å². The van der Waals surface area contributed by atoms with Gasteiger partial charge in [0.15, 0.2) is 0 Å². The fraction of sp³-hybridized carbons (Fsp3) is 0.111. The normalized spacial score (nSPS) is 9.50. The van der Waals surface area contributed by atoms with Crippen molar-refractivity contribution in [2.75, 3.05) is 5.52 Å². The molecule has 0 saturated heterocycles. The molecule has 1 aromatic rings. The van der Waals surface area contributed by atoms with Crippen molar-refractivity contribution in [2.24, 2.45) is 0 Å². The van der Waals surface area contributed by atoms with Gasteiger partial charge in [-0.05, 0) is 34.1 Å². The van der Waals surface area contributed by atoms with Gasteiger partial charge in [-0.2, -0.15) is 0 Å². The third kappa shape index (κ3) is 2.56. The van der Waals surface area contributed by atoms with Crippen LogP contribution in [0.1, 0.15) is 20.7 Å². The van der Waals surface area contributed by atoms with E-state index in [-0.39, 0.29) is 16.6 Å². The summed E-state index contributed by atoms with van der Waals surface area (Å²) in [5.74, 6) is -1.62. The number of carboxylic acids is 1. The smallest absolute Gasteiger partial charge is 0.338 e. The Hall–Kier alpha value is -1.36. The number of rotatable bonds is 3. The van der Waals surface area contributed by atoms with Crippen LogP contribution in [0.25, 0.3) is 0 Å². The predicted molar refractivity (Wildman–Crippen MR) is 52.6 cm³/mol. The van der Waals surface area contributed by atoms with Crippen LogP contribution in [0.4, 0.5) is 0 Å². The van der Waals surface area contributed by atoms with Crippen LogP contribution in [-0.4, -0.2) is 22.6 Å². The molecule has 0 aromatic heterocycles. The van der Waals surface area contributed by atoms with Crippen LogP contribution in [0.3, 0.4) is 0 Å². The summed E-state index contributed by atoms with van der Waals surface area (Å²) < 4.78 is 4.65. The Kier molecular flexibility index (Phi) is 3.64. The number of halogens is 1. The molecule has 0 aliphatic rings. The SMILES string of the molecule is O=C(O)c1cccc(C(=O)OCBr)c1. The summed E-state index contributed by atoms with van der Waals surface area (Å²) in [6.45, 7) is 0. The lowest BCUT2D eigenvalue weighted by molar-refractivity contribution is 0.0584. The van der Waals surface area contributed by atoms with Gasteiger partial charge in [0.2, 0.25) is 0 Å². The van der Waals surface area contributed by atoms with E-state index in [0.717, 1.165) is 0 Å². The van der Waals surface area contributed by atoms with E-state index >= 15 is 0 Å². The molecule has 0 amide bonds. The highest BCUT2D eigenvalue weighted by atomic mass is 79.9. The first-order chi connectivity index (χ1) is 6.65. The van der Waals surface area contributed by atoms with Crippen LogP contribution in [-0.2, 0) is 4.74 Å². The lowest BCUT2D eigenvalue weighted by Crippen LogP contribution is -2.05. The van der Waals surface area contributed by atoms with E-state index < -0.39 is 11.9 Å². The van der Waals surface area contributed by atoms with E-state index in [4.69, 9.17) is 5.11 Å². The summed E-state index contributed by atoms with van der Waals surface area (Å²) in [6.07, 6.45) is 0. The molecule has 0 aliphatic heterocycles. The second-order valence-electron chi connectivity index (χ2n) is 2.43. The monoisotopic (exact) mass is 258 g/mol. The zero-order chi connectivity index (χ0) is 10.6. The van der Waals surface area contributed by atoms with Gasteiger partial charge in [-0.25, -0.2) is 9.59 Å². The van der Waals surface area contributed by atoms with Crippen molar-refractivity contribution in [3.63, 3.8) is 0 Å². The number of carboxylic acid groups (broad SMARTS) is 1. The second-order valence-corrected chi connectivity index (χ2v) is 2.88. The maximum atomic E-state index is 11.2. The summed E-state index contributed by atoms with van der Waals surface area (Å²) in [4.78, 5) is 21.7. The number of carbonyl (C=O) groups is 2. The maximum Gasteiger partial charge on any atom is 0.338 e. The molecule has 0 saturated carbocycles. The molecule has 0 fully saturated rings. The minimum absolute atomic E-state index is 0.0639. The fourth-order valence-electron chi connectivity index (χ4n) is 0.912. The fourth-order valence-corrected chi connectivity index (χ4v) is 1.12. The van der Waals surface area contributed by atoms with Gasteiger partial charge in [0, 0.05) is 0 Å². The van der Waals surface area contributed by atoms with Crippen molar-refractivity contribution in [3.8, 4) is 0 Å². The molecule has 74 valence electrons. The second kappa shape index (κ2) is 4.76. The Morgan fingerprint density at radius 2 is 2.00 bits per heavy atom. The molecule has 5 heteroatoms. The number of alkyl halides is 1. The number of aromatic carboxylic acids is 1. The van der Waals surface area contributed by atoms with Gasteiger partial charge >= 0.3 is 11.9 Å². The molecule has 1 aromatic carbocycles.